The number of nitrogens with zero attached hydrogens (tertiary/aromatic N) is 1. The molecule has 1 aromatic carbocycles. The predicted molar refractivity (Wildman–Crippen MR) is 66.0 cm³/mol. The van der Waals surface area contributed by atoms with Gasteiger partial charge in [-0.3, -0.25) is 4.98 Å². The molecule has 1 unspecified atom stereocenters. The summed E-state index contributed by atoms with van der Waals surface area (Å²) >= 11 is 0. The average molecular weight is 248 g/mol. The fourth-order valence-corrected chi connectivity index (χ4v) is 1.88. The number of pyridine rings is 1. The van der Waals surface area contributed by atoms with Crippen LogP contribution in [0.15, 0.2) is 42.7 Å². The molecule has 1 atom stereocenters. The first kappa shape index (κ1) is 12.6. The Hall–Kier alpha value is -1.81. The molecule has 0 radical (unpaired) electrons. The molecule has 0 saturated carbocycles. The van der Waals surface area contributed by atoms with Crippen LogP contribution >= 0.6 is 0 Å². The van der Waals surface area contributed by atoms with Gasteiger partial charge in [0, 0.05) is 18.4 Å². The predicted octanol–water partition coefficient (Wildman–Crippen LogP) is 2.47. The van der Waals surface area contributed by atoms with Crippen molar-refractivity contribution in [2.45, 2.75) is 18.9 Å². The van der Waals surface area contributed by atoms with Crippen molar-refractivity contribution in [1.82, 2.24) is 4.98 Å². The Morgan fingerprint density at radius 3 is 2.67 bits per heavy atom. The van der Waals surface area contributed by atoms with E-state index in [4.69, 9.17) is 5.73 Å². The van der Waals surface area contributed by atoms with Crippen LogP contribution in [-0.4, -0.2) is 11.0 Å². The Morgan fingerprint density at radius 2 is 1.94 bits per heavy atom. The highest BCUT2D eigenvalue weighted by Gasteiger charge is 2.12. The normalized spacial score (nSPS) is 12.4. The molecule has 0 aliphatic rings. The molecule has 1 heterocycles. The van der Waals surface area contributed by atoms with Gasteiger partial charge >= 0.3 is 0 Å². The summed E-state index contributed by atoms with van der Waals surface area (Å²) in [5, 5.41) is 0. The lowest BCUT2D eigenvalue weighted by atomic mass is 10.0. The van der Waals surface area contributed by atoms with E-state index < -0.39 is 11.6 Å². The van der Waals surface area contributed by atoms with Gasteiger partial charge in [-0.05, 0) is 36.1 Å². The standard InChI is InChI=1S/C14H14F2N2/c15-13-5-1-4-11(14(13)16)8-12(17)7-10-3-2-6-18-9-10/h1-6,9,12H,7-8,17H2. The van der Waals surface area contributed by atoms with E-state index in [1.54, 1.807) is 18.5 Å². The van der Waals surface area contributed by atoms with E-state index in [0.717, 1.165) is 11.6 Å². The van der Waals surface area contributed by atoms with Gasteiger partial charge in [-0.1, -0.05) is 18.2 Å². The summed E-state index contributed by atoms with van der Waals surface area (Å²) in [6.07, 6.45) is 4.30. The van der Waals surface area contributed by atoms with Crippen LogP contribution in [0.5, 0.6) is 0 Å². The van der Waals surface area contributed by atoms with Crippen molar-refractivity contribution in [2.75, 3.05) is 0 Å². The maximum atomic E-state index is 13.5. The zero-order chi connectivity index (χ0) is 13.0. The summed E-state index contributed by atoms with van der Waals surface area (Å²) in [4.78, 5) is 3.99. The minimum absolute atomic E-state index is 0.259. The number of hydrogen-bond acceptors (Lipinski definition) is 2. The van der Waals surface area contributed by atoms with Crippen molar-refractivity contribution in [3.63, 3.8) is 0 Å². The second-order valence-electron chi connectivity index (χ2n) is 4.24. The quantitative estimate of drug-likeness (QED) is 0.902. The average Bonchev–Trinajstić information content (AvgIpc) is 2.36. The van der Waals surface area contributed by atoms with Crippen molar-refractivity contribution in [3.8, 4) is 0 Å². The zero-order valence-corrected chi connectivity index (χ0v) is 9.81. The number of rotatable bonds is 4. The maximum Gasteiger partial charge on any atom is 0.162 e. The van der Waals surface area contributed by atoms with Crippen LogP contribution in [0.3, 0.4) is 0 Å². The summed E-state index contributed by atoms with van der Waals surface area (Å²) in [7, 11) is 0. The van der Waals surface area contributed by atoms with Crippen LogP contribution in [0, 0.1) is 11.6 Å². The lowest BCUT2D eigenvalue weighted by Crippen LogP contribution is -2.26. The molecule has 0 fully saturated rings. The molecule has 2 nitrogen and oxygen atoms in total. The highest BCUT2D eigenvalue weighted by atomic mass is 19.2. The lowest BCUT2D eigenvalue weighted by molar-refractivity contribution is 0.492. The van der Waals surface area contributed by atoms with Gasteiger partial charge in [-0.25, -0.2) is 8.78 Å². The molecule has 0 bridgehead atoms. The van der Waals surface area contributed by atoms with Gasteiger partial charge in [-0.15, -0.1) is 0 Å². The Balaban J connectivity index is 2.03. The molecule has 2 aromatic rings. The Morgan fingerprint density at radius 1 is 1.11 bits per heavy atom. The van der Waals surface area contributed by atoms with Gasteiger partial charge in [0.15, 0.2) is 11.6 Å². The third-order valence-corrected chi connectivity index (χ3v) is 2.73. The minimum atomic E-state index is -0.832. The number of hydrogen-bond donors (Lipinski definition) is 1. The van der Waals surface area contributed by atoms with Crippen molar-refractivity contribution in [3.05, 3.63) is 65.5 Å². The molecule has 0 amide bonds. The fourth-order valence-electron chi connectivity index (χ4n) is 1.88. The number of benzene rings is 1. The van der Waals surface area contributed by atoms with Gasteiger partial charge in [0.05, 0.1) is 0 Å². The first-order valence-corrected chi connectivity index (χ1v) is 5.74. The summed E-state index contributed by atoms with van der Waals surface area (Å²) in [5.41, 5.74) is 7.24. The lowest BCUT2D eigenvalue weighted by Gasteiger charge is -2.12. The van der Waals surface area contributed by atoms with Gasteiger partial charge in [0.2, 0.25) is 0 Å². The van der Waals surface area contributed by atoms with Gasteiger partial charge in [0.1, 0.15) is 0 Å². The maximum absolute atomic E-state index is 13.5. The van der Waals surface area contributed by atoms with Crippen molar-refractivity contribution >= 4 is 0 Å². The molecule has 18 heavy (non-hydrogen) atoms. The third kappa shape index (κ3) is 3.11. The highest BCUT2D eigenvalue weighted by molar-refractivity contribution is 5.21. The van der Waals surface area contributed by atoms with Crippen molar-refractivity contribution < 1.29 is 8.78 Å². The Labute approximate surface area is 104 Å². The van der Waals surface area contributed by atoms with Crippen LogP contribution in [0.4, 0.5) is 8.78 Å². The minimum Gasteiger partial charge on any atom is -0.327 e. The van der Waals surface area contributed by atoms with Gasteiger partial charge in [0.25, 0.3) is 0 Å². The summed E-state index contributed by atoms with van der Waals surface area (Å²) in [5.74, 6) is -1.64. The van der Waals surface area contributed by atoms with Crippen LogP contribution in [0.1, 0.15) is 11.1 Å². The topological polar surface area (TPSA) is 38.9 Å². The Kier molecular flexibility index (Phi) is 3.99. The van der Waals surface area contributed by atoms with Gasteiger partial charge in [-0.2, -0.15) is 0 Å². The van der Waals surface area contributed by atoms with E-state index in [2.05, 4.69) is 4.98 Å². The molecule has 2 N–H and O–H groups in total. The first-order chi connectivity index (χ1) is 8.66. The molecular weight excluding hydrogens is 234 g/mol. The van der Waals surface area contributed by atoms with E-state index in [1.165, 1.54) is 6.07 Å². The molecular formula is C14H14F2N2. The highest BCUT2D eigenvalue weighted by Crippen LogP contribution is 2.14. The molecule has 1 aromatic heterocycles. The molecule has 0 aliphatic carbocycles. The summed E-state index contributed by atoms with van der Waals surface area (Å²) < 4.78 is 26.5. The second kappa shape index (κ2) is 5.69. The van der Waals surface area contributed by atoms with Crippen LogP contribution < -0.4 is 5.73 Å². The van der Waals surface area contributed by atoms with E-state index in [-0.39, 0.29) is 6.04 Å². The second-order valence-corrected chi connectivity index (χ2v) is 4.24. The number of nitrogens with two attached hydrogens (primary N) is 1. The van der Waals surface area contributed by atoms with Gasteiger partial charge < -0.3 is 5.73 Å². The summed E-state index contributed by atoms with van der Waals surface area (Å²) in [6, 6.07) is 7.63. The monoisotopic (exact) mass is 248 g/mol. The van der Waals surface area contributed by atoms with Crippen molar-refractivity contribution in [2.24, 2.45) is 5.73 Å². The van der Waals surface area contributed by atoms with E-state index >= 15 is 0 Å². The third-order valence-electron chi connectivity index (χ3n) is 2.73. The largest absolute Gasteiger partial charge is 0.327 e. The number of halogens is 2. The van der Waals surface area contributed by atoms with E-state index in [0.29, 0.717) is 18.4 Å². The molecule has 0 saturated heterocycles. The van der Waals surface area contributed by atoms with Crippen molar-refractivity contribution in [1.29, 1.82) is 0 Å². The van der Waals surface area contributed by atoms with E-state index in [1.807, 2.05) is 12.1 Å². The van der Waals surface area contributed by atoms with Crippen LogP contribution in [0.25, 0.3) is 0 Å². The molecule has 4 heteroatoms. The smallest absolute Gasteiger partial charge is 0.162 e. The molecule has 94 valence electrons. The number of aromatic nitrogens is 1. The first-order valence-electron chi connectivity index (χ1n) is 5.74. The summed E-state index contributed by atoms with van der Waals surface area (Å²) in [6.45, 7) is 0. The molecule has 0 spiro atoms. The Bertz CT molecular complexity index is 514. The SMILES string of the molecule is NC(Cc1cccnc1)Cc1cccc(F)c1F. The molecule has 0 aliphatic heterocycles. The van der Waals surface area contributed by atoms with Crippen LogP contribution in [0.2, 0.25) is 0 Å². The zero-order valence-electron chi connectivity index (χ0n) is 9.81. The molecule has 2 rings (SSSR count). The fraction of sp³-hybridized carbons (Fsp3) is 0.214. The van der Waals surface area contributed by atoms with Crippen LogP contribution in [-0.2, 0) is 12.8 Å². The van der Waals surface area contributed by atoms with E-state index in [9.17, 15) is 8.78 Å².